The SMILES string of the molecule is Cc1ccc(/C=C2\Oc3c(ccc(OC(=O)c4ccccc4F)c3C)C2=O)cc1. The summed E-state index contributed by atoms with van der Waals surface area (Å²) in [5.74, 6) is -0.967. The summed E-state index contributed by atoms with van der Waals surface area (Å²) >= 11 is 0. The van der Waals surface area contributed by atoms with Crippen LogP contribution in [-0.2, 0) is 0 Å². The molecular weight excluding hydrogens is 371 g/mol. The fraction of sp³-hybridized carbons (Fsp3) is 0.0833. The highest BCUT2D eigenvalue weighted by atomic mass is 19.1. The zero-order valence-corrected chi connectivity index (χ0v) is 15.9. The van der Waals surface area contributed by atoms with Crippen LogP contribution in [-0.4, -0.2) is 11.8 Å². The van der Waals surface area contributed by atoms with E-state index in [0.29, 0.717) is 16.9 Å². The van der Waals surface area contributed by atoms with E-state index in [2.05, 4.69) is 0 Å². The van der Waals surface area contributed by atoms with Gasteiger partial charge < -0.3 is 9.47 Å². The Balaban J connectivity index is 1.62. The third-order valence-electron chi connectivity index (χ3n) is 4.71. The molecule has 0 saturated heterocycles. The molecule has 0 radical (unpaired) electrons. The van der Waals surface area contributed by atoms with Gasteiger partial charge in [-0.1, -0.05) is 42.0 Å². The standard InChI is InChI=1S/C24H17FO4/c1-14-7-9-16(10-8-14)13-21-22(26)18-11-12-20(15(2)23(18)28-21)29-24(27)17-5-3-4-6-19(17)25/h3-13H,1-2H3/b21-13-. The number of carbonyl (C=O) groups excluding carboxylic acids is 2. The predicted octanol–water partition coefficient (Wildman–Crippen LogP) is 5.28. The maximum Gasteiger partial charge on any atom is 0.346 e. The summed E-state index contributed by atoms with van der Waals surface area (Å²) in [5.41, 5.74) is 2.69. The van der Waals surface area contributed by atoms with Crippen molar-refractivity contribution >= 4 is 17.8 Å². The quantitative estimate of drug-likeness (QED) is 0.348. The third kappa shape index (κ3) is 3.55. The van der Waals surface area contributed by atoms with Crippen molar-refractivity contribution in [1.82, 2.24) is 0 Å². The summed E-state index contributed by atoms with van der Waals surface area (Å²) in [7, 11) is 0. The average Bonchev–Trinajstić information content (AvgIpc) is 3.02. The highest BCUT2D eigenvalue weighted by Crippen LogP contribution is 2.39. The number of rotatable bonds is 3. The van der Waals surface area contributed by atoms with Crippen molar-refractivity contribution in [2.24, 2.45) is 0 Å². The second kappa shape index (κ2) is 7.36. The van der Waals surface area contributed by atoms with Gasteiger partial charge in [0.2, 0.25) is 5.78 Å². The van der Waals surface area contributed by atoms with E-state index < -0.39 is 11.8 Å². The van der Waals surface area contributed by atoms with Crippen molar-refractivity contribution in [1.29, 1.82) is 0 Å². The van der Waals surface area contributed by atoms with Gasteiger partial charge in [-0.15, -0.1) is 0 Å². The van der Waals surface area contributed by atoms with Gasteiger partial charge >= 0.3 is 5.97 Å². The summed E-state index contributed by atoms with van der Waals surface area (Å²) < 4.78 is 25.0. The Morgan fingerprint density at radius 2 is 1.72 bits per heavy atom. The smallest absolute Gasteiger partial charge is 0.346 e. The lowest BCUT2D eigenvalue weighted by atomic mass is 10.1. The van der Waals surface area contributed by atoms with Crippen LogP contribution in [0.5, 0.6) is 11.5 Å². The number of ketones is 1. The van der Waals surface area contributed by atoms with Gasteiger partial charge in [0.15, 0.2) is 5.76 Å². The number of halogens is 1. The molecule has 1 heterocycles. The first-order valence-corrected chi connectivity index (χ1v) is 9.05. The number of carbonyl (C=O) groups is 2. The van der Waals surface area contributed by atoms with E-state index in [9.17, 15) is 14.0 Å². The number of allylic oxidation sites excluding steroid dienone is 1. The van der Waals surface area contributed by atoms with E-state index in [0.717, 1.165) is 11.1 Å². The number of esters is 1. The zero-order chi connectivity index (χ0) is 20.5. The van der Waals surface area contributed by atoms with Crippen molar-refractivity contribution in [3.8, 4) is 11.5 Å². The van der Waals surface area contributed by atoms with Crippen LogP contribution >= 0.6 is 0 Å². The predicted molar refractivity (Wildman–Crippen MR) is 107 cm³/mol. The fourth-order valence-electron chi connectivity index (χ4n) is 3.07. The van der Waals surface area contributed by atoms with E-state index in [1.165, 1.54) is 24.3 Å². The van der Waals surface area contributed by atoms with Crippen LogP contribution < -0.4 is 9.47 Å². The second-order valence-corrected chi connectivity index (χ2v) is 6.79. The van der Waals surface area contributed by atoms with E-state index in [4.69, 9.17) is 9.47 Å². The number of benzene rings is 3. The van der Waals surface area contributed by atoms with E-state index in [1.807, 2.05) is 31.2 Å². The number of Topliss-reactive ketones (excluding diaryl/α,β-unsaturated/α-hetero) is 1. The lowest BCUT2D eigenvalue weighted by molar-refractivity contribution is 0.0728. The van der Waals surface area contributed by atoms with Crippen LogP contribution in [0.4, 0.5) is 4.39 Å². The van der Waals surface area contributed by atoms with Gasteiger partial charge in [0.05, 0.1) is 11.1 Å². The highest BCUT2D eigenvalue weighted by Gasteiger charge is 2.30. The van der Waals surface area contributed by atoms with Gasteiger partial charge in [0.1, 0.15) is 17.3 Å². The van der Waals surface area contributed by atoms with Gasteiger partial charge in [0.25, 0.3) is 0 Å². The first-order chi connectivity index (χ1) is 13.9. The molecule has 1 aliphatic rings. The molecule has 4 nitrogen and oxygen atoms in total. The van der Waals surface area contributed by atoms with Crippen LogP contribution in [0.15, 0.2) is 66.4 Å². The molecule has 3 aromatic carbocycles. The Kier molecular flexibility index (Phi) is 4.72. The summed E-state index contributed by atoms with van der Waals surface area (Å²) in [6.07, 6.45) is 1.67. The fourth-order valence-corrected chi connectivity index (χ4v) is 3.07. The number of hydrogen-bond acceptors (Lipinski definition) is 4. The molecule has 0 fully saturated rings. The summed E-state index contributed by atoms with van der Waals surface area (Å²) in [6, 6.07) is 16.3. The Hall–Kier alpha value is -3.73. The maximum atomic E-state index is 13.8. The van der Waals surface area contributed by atoms with Crippen molar-refractivity contribution in [3.05, 3.63) is 100 Å². The second-order valence-electron chi connectivity index (χ2n) is 6.79. The van der Waals surface area contributed by atoms with Crippen molar-refractivity contribution in [2.75, 3.05) is 0 Å². The lowest BCUT2D eigenvalue weighted by Gasteiger charge is -2.10. The minimum atomic E-state index is -0.814. The molecule has 0 unspecified atom stereocenters. The lowest BCUT2D eigenvalue weighted by Crippen LogP contribution is -2.11. The van der Waals surface area contributed by atoms with Crippen LogP contribution in [0.3, 0.4) is 0 Å². The summed E-state index contributed by atoms with van der Waals surface area (Å²) in [4.78, 5) is 25.0. The van der Waals surface area contributed by atoms with Crippen LogP contribution in [0.25, 0.3) is 6.08 Å². The molecule has 144 valence electrons. The molecule has 4 rings (SSSR count). The van der Waals surface area contributed by atoms with Crippen LogP contribution in [0, 0.1) is 19.7 Å². The first-order valence-electron chi connectivity index (χ1n) is 9.05. The summed E-state index contributed by atoms with van der Waals surface area (Å²) in [5, 5.41) is 0. The minimum Gasteiger partial charge on any atom is -0.452 e. The molecule has 0 bridgehead atoms. The zero-order valence-electron chi connectivity index (χ0n) is 15.9. The monoisotopic (exact) mass is 388 g/mol. The maximum absolute atomic E-state index is 13.8. The number of hydrogen-bond donors (Lipinski definition) is 0. The molecule has 29 heavy (non-hydrogen) atoms. The molecule has 3 aromatic rings. The largest absolute Gasteiger partial charge is 0.452 e. The van der Waals surface area contributed by atoms with Gasteiger partial charge in [0, 0.05) is 5.56 Å². The molecule has 0 spiro atoms. The normalized spacial score (nSPS) is 13.9. The molecule has 0 amide bonds. The Labute approximate surface area is 167 Å². The molecule has 0 atom stereocenters. The molecule has 0 saturated carbocycles. The van der Waals surface area contributed by atoms with Crippen LogP contribution in [0.2, 0.25) is 0 Å². The van der Waals surface area contributed by atoms with Crippen LogP contribution in [0.1, 0.15) is 37.4 Å². The topological polar surface area (TPSA) is 52.6 Å². The van der Waals surface area contributed by atoms with Gasteiger partial charge in [-0.05, 0) is 49.8 Å². The Bertz CT molecular complexity index is 1160. The average molecular weight is 388 g/mol. The number of aryl methyl sites for hydroxylation is 1. The van der Waals surface area contributed by atoms with Gasteiger partial charge in [-0.25, -0.2) is 9.18 Å². The molecule has 0 aromatic heterocycles. The first kappa shape index (κ1) is 18.6. The number of ether oxygens (including phenoxy) is 2. The third-order valence-corrected chi connectivity index (χ3v) is 4.71. The van der Waals surface area contributed by atoms with Gasteiger partial charge in [-0.2, -0.15) is 0 Å². The van der Waals surface area contributed by atoms with E-state index in [1.54, 1.807) is 25.1 Å². The summed E-state index contributed by atoms with van der Waals surface area (Å²) in [6.45, 7) is 3.67. The molecule has 5 heteroatoms. The van der Waals surface area contributed by atoms with E-state index in [-0.39, 0.29) is 22.9 Å². The van der Waals surface area contributed by atoms with Crippen molar-refractivity contribution < 1.29 is 23.5 Å². The van der Waals surface area contributed by atoms with Crippen molar-refractivity contribution in [3.63, 3.8) is 0 Å². The minimum absolute atomic E-state index is 0.163. The van der Waals surface area contributed by atoms with E-state index >= 15 is 0 Å². The Morgan fingerprint density at radius 1 is 1.00 bits per heavy atom. The molecular formula is C24H17FO4. The Morgan fingerprint density at radius 3 is 2.45 bits per heavy atom. The van der Waals surface area contributed by atoms with Gasteiger partial charge in [-0.3, -0.25) is 4.79 Å². The highest BCUT2D eigenvalue weighted by molar-refractivity contribution is 6.15. The number of fused-ring (bicyclic) bond motifs is 1. The molecule has 0 aliphatic carbocycles. The molecule has 0 N–H and O–H groups in total. The van der Waals surface area contributed by atoms with Crippen molar-refractivity contribution in [2.45, 2.75) is 13.8 Å². The molecule has 1 aliphatic heterocycles.